The number of primary amides is 1. The third-order valence-corrected chi connectivity index (χ3v) is 3.62. The second-order valence-corrected chi connectivity index (χ2v) is 4.76. The van der Waals surface area contributed by atoms with Crippen LogP contribution in [0.4, 0.5) is 8.78 Å². The molecule has 0 aromatic heterocycles. The van der Waals surface area contributed by atoms with Gasteiger partial charge in [0.25, 0.3) is 0 Å². The molecule has 0 saturated carbocycles. The van der Waals surface area contributed by atoms with Gasteiger partial charge < -0.3 is 5.73 Å². The average Bonchev–Trinajstić information content (AvgIpc) is 2.39. The molecule has 0 aliphatic heterocycles. The maximum atomic E-state index is 12.9. The number of nitrogens with two attached hydrogens (primary N) is 1. The minimum absolute atomic E-state index is 0.427. The number of benzene rings is 2. The predicted octanol–water partition coefficient (Wildman–Crippen LogP) is 2.62. The molecule has 0 saturated heterocycles. The summed E-state index contributed by atoms with van der Waals surface area (Å²) in [6, 6.07) is 10.6. The van der Waals surface area contributed by atoms with Crippen molar-refractivity contribution in [1.29, 1.82) is 0 Å². The van der Waals surface area contributed by atoms with E-state index in [9.17, 15) is 13.6 Å². The van der Waals surface area contributed by atoms with Crippen molar-refractivity contribution < 1.29 is 13.6 Å². The Morgan fingerprint density at radius 3 is 1.47 bits per heavy atom. The second kappa shape index (κ2) is 5.01. The molecule has 0 heterocycles. The van der Waals surface area contributed by atoms with Gasteiger partial charge in [-0.25, -0.2) is 8.78 Å². The number of carbonyl (C=O) groups is 1. The van der Waals surface area contributed by atoms with E-state index in [1.165, 1.54) is 48.5 Å². The van der Waals surface area contributed by atoms with Gasteiger partial charge >= 0.3 is 0 Å². The number of carbonyl (C=O) groups excluding carboxylic acids is 1. The zero-order valence-electron chi connectivity index (χ0n) is 9.81. The molecular formula is C14H11F2NOS. The van der Waals surface area contributed by atoms with Crippen molar-refractivity contribution >= 4 is 18.5 Å². The number of amides is 1. The molecule has 2 N–H and O–H groups in total. The molecule has 98 valence electrons. The van der Waals surface area contributed by atoms with Gasteiger partial charge in [-0.05, 0) is 35.4 Å². The first kappa shape index (κ1) is 13.5. The molecule has 0 fully saturated rings. The first-order valence-electron chi connectivity index (χ1n) is 5.49. The van der Waals surface area contributed by atoms with Gasteiger partial charge in [0.05, 0.1) is 0 Å². The molecule has 19 heavy (non-hydrogen) atoms. The van der Waals surface area contributed by atoms with E-state index in [-0.39, 0.29) is 0 Å². The molecule has 0 spiro atoms. The third-order valence-electron chi connectivity index (χ3n) is 2.88. The van der Waals surface area contributed by atoms with Gasteiger partial charge in [0.15, 0.2) is 0 Å². The summed E-state index contributed by atoms with van der Waals surface area (Å²) in [6.45, 7) is 0. The second-order valence-electron chi connectivity index (χ2n) is 4.09. The largest absolute Gasteiger partial charge is 0.368 e. The zero-order chi connectivity index (χ0) is 14.0. The number of halogens is 2. The maximum Gasteiger partial charge on any atom is 0.242 e. The van der Waals surface area contributed by atoms with Crippen LogP contribution in [0.3, 0.4) is 0 Å². The number of hydrogen-bond acceptors (Lipinski definition) is 2. The molecule has 0 aliphatic rings. The summed E-state index contributed by atoms with van der Waals surface area (Å²) in [4.78, 5) is 11.8. The van der Waals surface area contributed by atoms with Gasteiger partial charge in [-0.2, -0.15) is 12.6 Å². The summed E-state index contributed by atoms with van der Waals surface area (Å²) in [7, 11) is 0. The molecule has 2 aromatic carbocycles. The minimum atomic E-state index is -1.43. The van der Waals surface area contributed by atoms with E-state index in [1.54, 1.807) is 0 Å². The first-order valence-corrected chi connectivity index (χ1v) is 5.93. The maximum absolute atomic E-state index is 12.9. The normalized spacial score (nSPS) is 11.3. The van der Waals surface area contributed by atoms with Crippen LogP contribution in [0.5, 0.6) is 0 Å². The summed E-state index contributed by atoms with van der Waals surface area (Å²) in [5.74, 6) is -1.57. The Hall–Kier alpha value is -1.88. The molecule has 0 bridgehead atoms. The molecule has 0 aliphatic carbocycles. The lowest BCUT2D eigenvalue weighted by Gasteiger charge is -2.26. The van der Waals surface area contributed by atoms with Gasteiger partial charge in [-0.3, -0.25) is 4.79 Å². The van der Waals surface area contributed by atoms with Gasteiger partial charge in [-0.1, -0.05) is 24.3 Å². The van der Waals surface area contributed by atoms with Gasteiger partial charge in [0.2, 0.25) is 5.91 Å². The lowest BCUT2D eigenvalue weighted by Crippen LogP contribution is -2.37. The lowest BCUT2D eigenvalue weighted by molar-refractivity contribution is -0.119. The van der Waals surface area contributed by atoms with Gasteiger partial charge in [-0.15, -0.1) is 0 Å². The zero-order valence-corrected chi connectivity index (χ0v) is 10.7. The standard InChI is InChI=1S/C14H11F2NOS/c15-11-5-1-9(2-6-11)14(19,13(17)18)10-3-7-12(16)8-4-10/h1-8,19H,(H2,17,18). The van der Waals surface area contributed by atoms with Crippen molar-refractivity contribution in [2.75, 3.05) is 0 Å². The highest BCUT2D eigenvalue weighted by molar-refractivity contribution is 7.82. The number of hydrogen-bond donors (Lipinski definition) is 2. The van der Waals surface area contributed by atoms with E-state index < -0.39 is 22.3 Å². The topological polar surface area (TPSA) is 43.1 Å². The molecular weight excluding hydrogens is 268 g/mol. The highest BCUT2D eigenvalue weighted by Crippen LogP contribution is 2.36. The van der Waals surface area contributed by atoms with E-state index in [0.717, 1.165) is 0 Å². The van der Waals surface area contributed by atoms with Gasteiger partial charge in [0.1, 0.15) is 16.4 Å². The highest BCUT2D eigenvalue weighted by atomic mass is 32.1. The third kappa shape index (κ3) is 2.46. The van der Waals surface area contributed by atoms with E-state index in [0.29, 0.717) is 11.1 Å². The van der Waals surface area contributed by atoms with Crippen LogP contribution in [0.2, 0.25) is 0 Å². The van der Waals surface area contributed by atoms with Crippen molar-refractivity contribution in [3.05, 3.63) is 71.3 Å². The molecule has 0 radical (unpaired) electrons. The average molecular weight is 279 g/mol. The molecule has 2 nitrogen and oxygen atoms in total. The van der Waals surface area contributed by atoms with E-state index in [4.69, 9.17) is 5.73 Å². The summed E-state index contributed by atoms with van der Waals surface area (Å²) < 4.78 is 24.5. The smallest absolute Gasteiger partial charge is 0.242 e. The summed E-state index contributed by atoms with van der Waals surface area (Å²) in [6.07, 6.45) is 0. The van der Waals surface area contributed by atoms with Crippen LogP contribution in [0.15, 0.2) is 48.5 Å². The van der Waals surface area contributed by atoms with Gasteiger partial charge in [0, 0.05) is 0 Å². The van der Waals surface area contributed by atoms with Crippen molar-refractivity contribution in [1.82, 2.24) is 0 Å². The molecule has 0 unspecified atom stereocenters. The monoisotopic (exact) mass is 279 g/mol. The Morgan fingerprint density at radius 1 is 0.895 bits per heavy atom. The molecule has 0 atom stereocenters. The number of thiol groups is 1. The Labute approximate surface area is 114 Å². The molecule has 1 amide bonds. The van der Waals surface area contributed by atoms with Crippen molar-refractivity contribution in [2.45, 2.75) is 4.75 Å². The predicted molar refractivity (Wildman–Crippen MR) is 71.8 cm³/mol. The Kier molecular flexibility index (Phi) is 3.57. The quantitative estimate of drug-likeness (QED) is 0.833. The fourth-order valence-electron chi connectivity index (χ4n) is 1.83. The van der Waals surface area contributed by atoms with Crippen LogP contribution in [0.25, 0.3) is 0 Å². The Bertz CT molecular complexity index is 550. The van der Waals surface area contributed by atoms with Crippen LogP contribution < -0.4 is 5.73 Å². The van der Waals surface area contributed by atoms with E-state index >= 15 is 0 Å². The van der Waals surface area contributed by atoms with Crippen LogP contribution in [0, 0.1) is 11.6 Å². The lowest BCUT2D eigenvalue weighted by atomic mass is 9.89. The summed E-state index contributed by atoms with van der Waals surface area (Å²) in [5, 5.41) is 0. The molecule has 2 aromatic rings. The summed E-state index contributed by atoms with van der Waals surface area (Å²) in [5.41, 5.74) is 6.26. The van der Waals surface area contributed by atoms with E-state index in [2.05, 4.69) is 12.6 Å². The Balaban J connectivity index is 2.57. The Morgan fingerprint density at radius 2 is 1.21 bits per heavy atom. The first-order chi connectivity index (χ1) is 8.94. The van der Waals surface area contributed by atoms with Crippen molar-refractivity contribution in [3.8, 4) is 0 Å². The van der Waals surface area contributed by atoms with Crippen molar-refractivity contribution in [2.24, 2.45) is 5.73 Å². The molecule has 2 rings (SSSR count). The van der Waals surface area contributed by atoms with Crippen molar-refractivity contribution in [3.63, 3.8) is 0 Å². The summed E-state index contributed by atoms with van der Waals surface area (Å²) >= 11 is 4.34. The van der Waals surface area contributed by atoms with Crippen LogP contribution in [0.1, 0.15) is 11.1 Å². The SMILES string of the molecule is NC(=O)C(S)(c1ccc(F)cc1)c1ccc(F)cc1. The number of rotatable bonds is 3. The van der Waals surface area contributed by atoms with Crippen LogP contribution in [-0.2, 0) is 9.54 Å². The van der Waals surface area contributed by atoms with Crippen LogP contribution >= 0.6 is 12.6 Å². The van der Waals surface area contributed by atoms with E-state index in [1.807, 2.05) is 0 Å². The minimum Gasteiger partial charge on any atom is -0.368 e. The molecule has 5 heteroatoms. The van der Waals surface area contributed by atoms with Crippen LogP contribution in [-0.4, -0.2) is 5.91 Å². The fraction of sp³-hybridized carbons (Fsp3) is 0.0714. The fourth-order valence-corrected chi connectivity index (χ4v) is 2.13. The highest BCUT2D eigenvalue weighted by Gasteiger charge is 2.36.